The van der Waals surface area contributed by atoms with E-state index in [1.807, 2.05) is 12.1 Å². The molecular formula is C20H30N2O2. The van der Waals surface area contributed by atoms with Crippen molar-refractivity contribution in [2.45, 2.75) is 57.5 Å². The van der Waals surface area contributed by atoms with Gasteiger partial charge in [0.1, 0.15) is 0 Å². The van der Waals surface area contributed by atoms with E-state index in [-0.39, 0.29) is 5.91 Å². The van der Waals surface area contributed by atoms with Gasteiger partial charge in [-0.25, -0.2) is 0 Å². The van der Waals surface area contributed by atoms with Crippen molar-refractivity contribution in [2.24, 2.45) is 5.92 Å². The number of hydrogen-bond acceptors (Lipinski definition) is 3. The number of nitrogens with zero attached hydrogens (tertiary/aromatic N) is 1. The molecule has 4 nitrogen and oxygen atoms in total. The van der Waals surface area contributed by atoms with Crippen LogP contribution in [-0.2, 0) is 9.53 Å². The number of carbonyl (C=O) groups is 1. The van der Waals surface area contributed by atoms with E-state index in [0.29, 0.717) is 12.5 Å². The molecule has 1 aromatic rings. The highest BCUT2D eigenvalue weighted by molar-refractivity contribution is 5.90. The second-order valence-electron chi connectivity index (χ2n) is 7.23. The summed E-state index contributed by atoms with van der Waals surface area (Å²) in [5.74, 6) is 0.907. The SMILES string of the molecule is COC1CCN(c2ccc(NC(=O)CCC3CCCCC3)cc2)C1. The summed E-state index contributed by atoms with van der Waals surface area (Å²) in [7, 11) is 1.78. The zero-order valence-corrected chi connectivity index (χ0v) is 14.8. The molecule has 1 aromatic carbocycles. The highest BCUT2D eigenvalue weighted by Gasteiger charge is 2.22. The zero-order valence-electron chi connectivity index (χ0n) is 14.8. The Hall–Kier alpha value is -1.55. The lowest BCUT2D eigenvalue weighted by Crippen LogP contribution is -2.22. The summed E-state index contributed by atoms with van der Waals surface area (Å²) < 4.78 is 5.42. The maximum Gasteiger partial charge on any atom is 0.224 e. The molecule has 1 saturated heterocycles. The van der Waals surface area contributed by atoms with E-state index < -0.39 is 0 Å². The standard InChI is InChI=1S/C20H30N2O2/c1-24-19-13-14-22(15-19)18-10-8-17(9-11-18)21-20(23)12-7-16-5-3-2-4-6-16/h8-11,16,19H,2-7,12-15H2,1H3,(H,21,23). The fraction of sp³-hybridized carbons (Fsp3) is 0.650. The summed E-state index contributed by atoms with van der Waals surface area (Å²) in [5, 5.41) is 3.04. The van der Waals surface area contributed by atoms with Crippen molar-refractivity contribution in [1.82, 2.24) is 0 Å². The van der Waals surface area contributed by atoms with Gasteiger partial charge in [0.2, 0.25) is 5.91 Å². The van der Waals surface area contributed by atoms with Gasteiger partial charge in [-0.15, -0.1) is 0 Å². The molecule has 3 rings (SSSR count). The van der Waals surface area contributed by atoms with Crippen LogP contribution in [0.15, 0.2) is 24.3 Å². The van der Waals surface area contributed by atoms with E-state index in [9.17, 15) is 4.79 Å². The largest absolute Gasteiger partial charge is 0.380 e. The molecule has 1 aliphatic carbocycles. The molecule has 1 saturated carbocycles. The first-order valence-corrected chi connectivity index (χ1v) is 9.42. The molecule has 1 N–H and O–H groups in total. The molecule has 24 heavy (non-hydrogen) atoms. The van der Waals surface area contributed by atoms with Gasteiger partial charge in [-0.1, -0.05) is 32.1 Å². The molecule has 0 aromatic heterocycles. The maximum absolute atomic E-state index is 12.1. The van der Waals surface area contributed by atoms with Crippen molar-refractivity contribution in [3.63, 3.8) is 0 Å². The Morgan fingerprint density at radius 3 is 2.58 bits per heavy atom. The van der Waals surface area contributed by atoms with Crippen LogP contribution in [0.25, 0.3) is 0 Å². The average molecular weight is 330 g/mol. The van der Waals surface area contributed by atoms with Crippen molar-refractivity contribution in [3.05, 3.63) is 24.3 Å². The average Bonchev–Trinajstić information content (AvgIpc) is 3.11. The fourth-order valence-corrected chi connectivity index (χ4v) is 3.95. The van der Waals surface area contributed by atoms with Gasteiger partial charge in [0, 0.05) is 38.0 Å². The topological polar surface area (TPSA) is 41.6 Å². The molecule has 1 heterocycles. The Morgan fingerprint density at radius 1 is 1.17 bits per heavy atom. The van der Waals surface area contributed by atoms with Crippen LogP contribution in [0, 0.1) is 5.92 Å². The molecule has 1 atom stereocenters. The number of ether oxygens (including phenoxy) is 1. The number of benzene rings is 1. The number of hydrogen-bond donors (Lipinski definition) is 1. The van der Waals surface area contributed by atoms with Crippen molar-refractivity contribution in [1.29, 1.82) is 0 Å². The lowest BCUT2D eigenvalue weighted by molar-refractivity contribution is -0.116. The van der Waals surface area contributed by atoms with Crippen LogP contribution in [0.2, 0.25) is 0 Å². The highest BCUT2D eigenvalue weighted by Crippen LogP contribution is 2.27. The summed E-state index contributed by atoms with van der Waals surface area (Å²) in [4.78, 5) is 14.5. The van der Waals surface area contributed by atoms with Crippen LogP contribution < -0.4 is 10.2 Å². The Morgan fingerprint density at radius 2 is 1.92 bits per heavy atom. The van der Waals surface area contributed by atoms with Gasteiger partial charge in [0.15, 0.2) is 0 Å². The molecule has 1 unspecified atom stereocenters. The minimum Gasteiger partial charge on any atom is -0.380 e. The van der Waals surface area contributed by atoms with Crippen LogP contribution in [-0.4, -0.2) is 32.2 Å². The minimum absolute atomic E-state index is 0.147. The van der Waals surface area contributed by atoms with Crippen LogP contribution in [0.5, 0.6) is 0 Å². The molecular weight excluding hydrogens is 300 g/mol. The van der Waals surface area contributed by atoms with E-state index in [4.69, 9.17) is 4.74 Å². The Kier molecular flexibility index (Phi) is 6.13. The number of amides is 1. The molecule has 132 valence electrons. The van der Waals surface area contributed by atoms with Crippen LogP contribution >= 0.6 is 0 Å². The summed E-state index contributed by atoms with van der Waals surface area (Å²) in [6, 6.07) is 8.20. The van der Waals surface area contributed by atoms with E-state index >= 15 is 0 Å². The smallest absolute Gasteiger partial charge is 0.224 e. The van der Waals surface area contributed by atoms with Gasteiger partial charge in [0.25, 0.3) is 0 Å². The summed E-state index contributed by atoms with van der Waals surface area (Å²) in [6.07, 6.45) is 9.77. The molecule has 2 fully saturated rings. The molecule has 1 aliphatic heterocycles. The number of methoxy groups -OCH3 is 1. The third kappa shape index (κ3) is 4.73. The quantitative estimate of drug-likeness (QED) is 0.849. The van der Waals surface area contributed by atoms with Crippen LogP contribution in [0.4, 0.5) is 11.4 Å². The number of anilines is 2. The van der Waals surface area contributed by atoms with Gasteiger partial charge in [0.05, 0.1) is 6.10 Å². The number of rotatable bonds is 6. The Balaban J connectivity index is 1.44. The zero-order chi connectivity index (χ0) is 16.8. The lowest BCUT2D eigenvalue weighted by Gasteiger charge is -2.21. The predicted molar refractivity (Wildman–Crippen MR) is 98.5 cm³/mol. The highest BCUT2D eigenvalue weighted by atomic mass is 16.5. The molecule has 0 radical (unpaired) electrons. The van der Waals surface area contributed by atoms with Crippen molar-refractivity contribution in [2.75, 3.05) is 30.4 Å². The van der Waals surface area contributed by atoms with Crippen molar-refractivity contribution < 1.29 is 9.53 Å². The van der Waals surface area contributed by atoms with Gasteiger partial charge in [-0.2, -0.15) is 0 Å². The van der Waals surface area contributed by atoms with Crippen molar-refractivity contribution in [3.8, 4) is 0 Å². The van der Waals surface area contributed by atoms with Crippen molar-refractivity contribution >= 4 is 17.3 Å². The van der Waals surface area contributed by atoms with Crippen LogP contribution in [0.1, 0.15) is 51.4 Å². The van der Waals surface area contributed by atoms with E-state index in [1.165, 1.54) is 37.8 Å². The number of nitrogens with one attached hydrogen (secondary N) is 1. The maximum atomic E-state index is 12.1. The fourth-order valence-electron chi connectivity index (χ4n) is 3.95. The van der Waals surface area contributed by atoms with Gasteiger partial charge >= 0.3 is 0 Å². The second kappa shape index (κ2) is 8.52. The predicted octanol–water partition coefficient (Wildman–Crippen LogP) is 4.21. The first-order chi connectivity index (χ1) is 11.7. The number of carbonyl (C=O) groups excluding carboxylic acids is 1. The molecule has 0 spiro atoms. The Bertz CT molecular complexity index is 523. The molecule has 4 heteroatoms. The third-order valence-electron chi connectivity index (χ3n) is 5.50. The monoisotopic (exact) mass is 330 g/mol. The molecule has 1 amide bonds. The lowest BCUT2D eigenvalue weighted by atomic mass is 9.86. The molecule has 2 aliphatic rings. The summed E-state index contributed by atoms with van der Waals surface area (Å²) in [6.45, 7) is 1.98. The molecule has 0 bridgehead atoms. The van der Waals surface area contributed by atoms with Gasteiger partial charge < -0.3 is 15.0 Å². The van der Waals surface area contributed by atoms with Gasteiger partial charge in [-0.05, 0) is 43.0 Å². The second-order valence-corrected chi connectivity index (χ2v) is 7.23. The van der Waals surface area contributed by atoms with E-state index in [2.05, 4.69) is 22.3 Å². The van der Waals surface area contributed by atoms with Crippen LogP contribution in [0.3, 0.4) is 0 Å². The van der Waals surface area contributed by atoms with E-state index in [1.54, 1.807) is 7.11 Å². The van der Waals surface area contributed by atoms with E-state index in [0.717, 1.165) is 37.5 Å². The first-order valence-electron chi connectivity index (χ1n) is 9.42. The normalized spacial score (nSPS) is 21.9. The third-order valence-corrected chi connectivity index (χ3v) is 5.50. The summed E-state index contributed by atoms with van der Waals surface area (Å²) in [5.41, 5.74) is 2.10. The van der Waals surface area contributed by atoms with Gasteiger partial charge in [-0.3, -0.25) is 4.79 Å². The minimum atomic E-state index is 0.147. The summed E-state index contributed by atoms with van der Waals surface area (Å²) >= 11 is 0. The first kappa shape index (κ1) is 17.3. The Labute approximate surface area is 145 Å².